The van der Waals surface area contributed by atoms with Crippen LogP contribution in [0.2, 0.25) is 0 Å². The lowest BCUT2D eigenvalue weighted by Crippen LogP contribution is -2.21. The summed E-state index contributed by atoms with van der Waals surface area (Å²) in [6, 6.07) is 2.98. The molecule has 0 aliphatic heterocycles. The first kappa shape index (κ1) is 18.9. The molecule has 0 N–H and O–H groups in total. The Morgan fingerprint density at radius 2 is 1.88 bits per heavy atom. The molecule has 1 saturated carbocycles. The van der Waals surface area contributed by atoms with Gasteiger partial charge in [-0.05, 0) is 50.7 Å². The number of benzene rings is 1. The minimum absolute atomic E-state index is 0.106. The molecule has 1 fully saturated rings. The van der Waals surface area contributed by atoms with E-state index in [9.17, 15) is 8.78 Å². The second-order valence-electron chi connectivity index (χ2n) is 6.53. The SMILES string of the molecule is C/C=C/Oc1ccc(COC2CCC(CCCC)CC2)c(F)c1F. The molecule has 0 aromatic heterocycles. The van der Waals surface area contributed by atoms with Crippen LogP contribution in [0, 0.1) is 17.6 Å². The summed E-state index contributed by atoms with van der Waals surface area (Å²) in [5.41, 5.74) is 0.244. The summed E-state index contributed by atoms with van der Waals surface area (Å²) in [5.74, 6) is -1.14. The molecule has 0 radical (unpaired) electrons. The van der Waals surface area contributed by atoms with Gasteiger partial charge in [-0.1, -0.05) is 32.3 Å². The molecule has 0 unspecified atom stereocenters. The summed E-state index contributed by atoms with van der Waals surface area (Å²) >= 11 is 0. The van der Waals surface area contributed by atoms with Crippen LogP contribution in [0.1, 0.15) is 64.4 Å². The summed E-state index contributed by atoms with van der Waals surface area (Å²) in [5, 5.41) is 0. The fourth-order valence-electron chi connectivity index (χ4n) is 3.20. The van der Waals surface area contributed by atoms with Gasteiger partial charge in [-0.3, -0.25) is 0 Å². The van der Waals surface area contributed by atoms with Crippen molar-refractivity contribution in [1.82, 2.24) is 0 Å². The van der Waals surface area contributed by atoms with Gasteiger partial charge in [0.15, 0.2) is 11.6 Å². The maximum absolute atomic E-state index is 14.1. The summed E-state index contributed by atoms with van der Waals surface area (Å²) in [7, 11) is 0. The van der Waals surface area contributed by atoms with Crippen molar-refractivity contribution in [1.29, 1.82) is 0 Å². The summed E-state index contributed by atoms with van der Waals surface area (Å²) in [4.78, 5) is 0. The number of hydrogen-bond donors (Lipinski definition) is 0. The van der Waals surface area contributed by atoms with E-state index in [0.29, 0.717) is 0 Å². The molecule has 2 rings (SSSR count). The molecule has 0 bridgehead atoms. The van der Waals surface area contributed by atoms with Crippen molar-refractivity contribution in [3.05, 3.63) is 41.7 Å². The fourth-order valence-corrected chi connectivity index (χ4v) is 3.20. The third-order valence-corrected chi connectivity index (χ3v) is 4.69. The van der Waals surface area contributed by atoms with Gasteiger partial charge < -0.3 is 9.47 Å². The Balaban J connectivity index is 1.83. The van der Waals surface area contributed by atoms with E-state index in [1.807, 2.05) is 0 Å². The monoisotopic (exact) mass is 338 g/mol. The van der Waals surface area contributed by atoms with Crippen LogP contribution in [0.3, 0.4) is 0 Å². The second-order valence-corrected chi connectivity index (χ2v) is 6.53. The Labute approximate surface area is 143 Å². The standard InChI is InChI=1S/C20H28F2O2/c1-3-5-6-15-7-10-17(11-8-15)24-14-16-9-12-18(23-13-4-2)20(22)19(16)21/h4,9,12-13,15,17H,3,5-8,10-11,14H2,1-2H3/b13-4+. The normalized spacial score (nSPS) is 21.3. The van der Waals surface area contributed by atoms with Crippen molar-refractivity contribution in [2.24, 2.45) is 5.92 Å². The largest absolute Gasteiger partial charge is 0.462 e. The zero-order valence-electron chi connectivity index (χ0n) is 14.7. The molecule has 134 valence electrons. The van der Waals surface area contributed by atoms with E-state index >= 15 is 0 Å². The minimum atomic E-state index is -0.961. The first-order valence-corrected chi connectivity index (χ1v) is 9.02. The summed E-state index contributed by atoms with van der Waals surface area (Å²) in [6.07, 6.45) is 11.3. The van der Waals surface area contributed by atoms with E-state index in [4.69, 9.17) is 9.47 Å². The van der Waals surface area contributed by atoms with Crippen molar-refractivity contribution in [3.63, 3.8) is 0 Å². The van der Waals surface area contributed by atoms with E-state index in [-0.39, 0.29) is 24.0 Å². The lowest BCUT2D eigenvalue weighted by Gasteiger charge is -2.28. The maximum Gasteiger partial charge on any atom is 0.201 e. The van der Waals surface area contributed by atoms with E-state index in [1.54, 1.807) is 13.0 Å². The van der Waals surface area contributed by atoms with E-state index in [1.165, 1.54) is 50.5 Å². The summed E-state index contributed by atoms with van der Waals surface area (Å²) in [6.45, 7) is 4.07. The predicted octanol–water partition coefficient (Wildman–Crippen LogP) is 6.14. The Bertz CT molecular complexity index is 535. The molecule has 1 aromatic rings. The van der Waals surface area contributed by atoms with E-state index < -0.39 is 11.6 Å². The van der Waals surface area contributed by atoms with Crippen LogP contribution in [0.25, 0.3) is 0 Å². The highest BCUT2D eigenvalue weighted by atomic mass is 19.2. The Morgan fingerprint density at radius 3 is 2.54 bits per heavy atom. The van der Waals surface area contributed by atoms with Gasteiger partial charge in [0.05, 0.1) is 19.0 Å². The molecule has 24 heavy (non-hydrogen) atoms. The van der Waals surface area contributed by atoms with Gasteiger partial charge in [0, 0.05) is 5.56 Å². The van der Waals surface area contributed by atoms with Crippen LogP contribution < -0.4 is 4.74 Å². The number of rotatable bonds is 8. The zero-order valence-corrected chi connectivity index (χ0v) is 14.7. The Morgan fingerprint density at radius 1 is 1.12 bits per heavy atom. The van der Waals surface area contributed by atoms with Gasteiger partial charge in [-0.25, -0.2) is 4.39 Å². The molecule has 0 atom stereocenters. The first-order chi connectivity index (χ1) is 11.7. The van der Waals surface area contributed by atoms with Gasteiger partial charge >= 0.3 is 0 Å². The first-order valence-electron chi connectivity index (χ1n) is 9.02. The van der Waals surface area contributed by atoms with Gasteiger partial charge in [0.25, 0.3) is 0 Å². The van der Waals surface area contributed by atoms with Crippen molar-refractivity contribution >= 4 is 0 Å². The number of unbranched alkanes of at least 4 members (excludes halogenated alkanes) is 1. The van der Waals surface area contributed by atoms with Crippen LogP contribution in [0.5, 0.6) is 5.75 Å². The number of halogens is 2. The van der Waals surface area contributed by atoms with Crippen LogP contribution >= 0.6 is 0 Å². The van der Waals surface area contributed by atoms with Crippen molar-refractivity contribution in [2.45, 2.75) is 71.5 Å². The average Bonchev–Trinajstić information content (AvgIpc) is 2.61. The Hall–Kier alpha value is -1.42. The number of hydrogen-bond acceptors (Lipinski definition) is 2. The quantitative estimate of drug-likeness (QED) is 0.530. The van der Waals surface area contributed by atoms with Crippen molar-refractivity contribution in [3.8, 4) is 5.75 Å². The number of allylic oxidation sites excluding steroid dienone is 1. The molecule has 0 amide bonds. The zero-order chi connectivity index (χ0) is 17.4. The van der Waals surface area contributed by atoms with Crippen LogP contribution in [-0.2, 0) is 11.3 Å². The van der Waals surface area contributed by atoms with Crippen LogP contribution in [0.15, 0.2) is 24.5 Å². The van der Waals surface area contributed by atoms with E-state index in [2.05, 4.69) is 6.92 Å². The topological polar surface area (TPSA) is 18.5 Å². The molecule has 0 spiro atoms. The van der Waals surface area contributed by atoms with Gasteiger partial charge in [0.2, 0.25) is 5.82 Å². The fraction of sp³-hybridized carbons (Fsp3) is 0.600. The lowest BCUT2D eigenvalue weighted by molar-refractivity contribution is 0.00481. The van der Waals surface area contributed by atoms with Gasteiger partial charge in [0.1, 0.15) is 0 Å². The molecular weight excluding hydrogens is 310 g/mol. The molecule has 1 aromatic carbocycles. The molecule has 4 heteroatoms. The third kappa shape index (κ3) is 5.30. The summed E-state index contributed by atoms with van der Waals surface area (Å²) < 4.78 is 38.9. The predicted molar refractivity (Wildman–Crippen MR) is 91.9 cm³/mol. The lowest BCUT2D eigenvalue weighted by atomic mass is 9.84. The highest BCUT2D eigenvalue weighted by Gasteiger charge is 2.22. The average molecular weight is 338 g/mol. The molecule has 0 saturated heterocycles. The highest BCUT2D eigenvalue weighted by Crippen LogP contribution is 2.31. The molecule has 0 heterocycles. The smallest absolute Gasteiger partial charge is 0.201 e. The third-order valence-electron chi connectivity index (χ3n) is 4.69. The molecule has 1 aliphatic carbocycles. The molecule has 2 nitrogen and oxygen atoms in total. The van der Waals surface area contributed by atoms with Crippen LogP contribution in [-0.4, -0.2) is 6.10 Å². The highest BCUT2D eigenvalue weighted by molar-refractivity contribution is 5.31. The molecule has 1 aliphatic rings. The molecular formula is C20H28F2O2. The van der Waals surface area contributed by atoms with Crippen molar-refractivity contribution < 1.29 is 18.3 Å². The Kier molecular flexibility index (Phi) is 7.70. The maximum atomic E-state index is 14.1. The number of ether oxygens (including phenoxy) is 2. The van der Waals surface area contributed by atoms with Crippen LogP contribution in [0.4, 0.5) is 8.78 Å². The van der Waals surface area contributed by atoms with Gasteiger partial charge in [-0.15, -0.1) is 0 Å². The minimum Gasteiger partial charge on any atom is -0.462 e. The van der Waals surface area contributed by atoms with Gasteiger partial charge in [-0.2, -0.15) is 4.39 Å². The van der Waals surface area contributed by atoms with Crippen molar-refractivity contribution in [2.75, 3.05) is 0 Å². The second kappa shape index (κ2) is 9.77. The van der Waals surface area contributed by atoms with E-state index in [0.717, 1.165) is 18.8 Å².